The molecule has 0 atom stereocenters. The average Bonchev–Trinajstić information content (AvgIpc) is 2.63. The number of hydrogen-bond donors (Lipinski definition) is 0. The minimum absolute atomic E-state index is 0.104. The predicted octanol–water partition coefficient (Wildman–Crippen LogP) is 4.05. The zero-order valence-corrected chi connectivity index (χ0v) is 18.1. The Morgan fingerprint density at radius 3 is 2.17 bits per heavy atom. The van der Waals surface area contributed by atoms with Crippen LogP contribution < -0.4 is 4.74 Å². The number of ether oxygens (including phenoxy) is 2. The molecule has 0 saturated heterocycles. The second kappa shape index (κ2) is 9.89. The van der Waals surface area contributed by atoms with Gasteiger partial charge in [0.1, 0.15) is 11.4 Å². The number of hydrogen-bond acceptors (Lipinski definition) is 6. The molecule has 0 spiro atoms. The van der Waals surface area contributed by atoms with E-state index < -0.39 is 21.7 Å². The predicted molar refractivity (Wildman–Crippen MR) is 110 cm³/mol. The molecule has 158 valence electrons. The van der Waals surface area contributed by atoms with Crippen LogP contribution in [0.4, 0.5) is 0 Å². The summed E-state index contributed by atoms with van der Waals surface area (Å²) in [5, 5.41) is 0. The normalized spacial score (nSPS) is 11.9. The fraction of sp³-hybridized carbons (Fsp3) is 0.409. The number of aryl methyl sites for hydroxylation is 2. The molecule has 0 amide bonds. The summed E-state index contributed by atoms with van der Waals surface area (Å²) in [7, 11) is -3.73. The second-order valence-corrected chi connectivity index (χ2v) is 9.33. The van der Waals surface area contributed by atoms with Crippen LogP contribution in [0.5, 0.6) is 5.75 Å². The van der Waals surface area contributed by atoms with Gasteiger partial charge in [-0.25, -0.2) is 4.79 Å². The van der Waals surface area contributed by atoms with Crippen molar-refractivity contribution in [3.8, 4) is 5.75 Å². The topological polar surface area (TPSA) is 78.9 Å². The Balaban J connectivity index is 1.74. The van der Waals surface area contributed by atoms with E-state index in [4.69, 9.17) is 13.7 Å². The summed E-state index contributed by atoms with van der Waals surface area (Å²) in [6, 6.07) is 13.8. The highest BCUT2D eigenvalue weighted by molar-refractivity contribution is 7.86. The number of carbonyl (C=O) groups excluding carboxylic acids is 1. The smallest absolute Gasteiger partial charge is 0.344 e. The Hall–Kier alpha value is -2.38. The summed E-state index contributed by atoms with van der Waals surface area (Å²) >= 11 is 0. The van der Waals surface area contributed by atoms with Gasteiger partial charge >= 0.3 is 5.97 Å². The third kappa shape index (κ3) is 8.25. The first-order valence-corrected chi connectivity index (χ1v) is 10.9. The van der Waals surface area contributed by atoms with Crippen molar-refractivity contribution in [2.24, 2.45) is 0 Å². The average molecular weight is 421 g/mol. The molecule has 0 unspecified atom stereocenters. The Labute approximate surface area is 172 Å². The maximum atomic E-state index is 12.1. The molecule has 29 heavy (non-hydrogen) atoms. The van der Waals surface area contributed by atoms with E-state index >= 15 is 0 Å². The Morgan fingerprint density at radius 1 is 0.966 bits per heavy atom. The third-order valence-corrected chi connectivity index (χ3v) is 5.18. The van der Waals surface area contributed by atoms with Crippen LogP contribution in [0.2, 0.25) is 0 Å². The quantitative estimate of drug-likeness (QED) is 0.346. The van der Waals surface area contributed by atoms with E-state index in [0.29, 0.717) is 18.6 Å². The van der Waals surface area contributed by atoms with E-state index in [1.165, 1.54) is 0 Å². The lowest BCUT2D eigenvalue weighted by Gasteiger charge is -2.19. The molecule has 0 fully saturated rings. The fourth-order valence-electron chi connectivity index (χ4n) is 2.48. The van der Waals surface area contributed by atoms with Gasteiger partial charge in [-0.15, -0.1) is 0 Å². The fourth-order valence-corrected chi connectivity index (χ4v) is 3.43. The van der Waals surface area contributed by atoms with Gasteiger partial charge in [-0.1, -0.05) is 29.8 Å². The highest BCUT2D eigenvalue weighted by Crippen LogP contribution is 2.16. The highest BCUT2D eigenvalue weighted by Gasteiger charge is 2.16. The van der Waals surface area contributed by atoms with Crippen molar-refractivity contribution < 1.29 is 26.9 Å². The van der Waals surface area contributed by atoms with Crippen LogP contribution in [0.25, 0.3) is 0 Å². The first kappa shape index (κ1) is 22.9. The molecule has 0 heterocycles. The standard InChI is InChI=1S/C22H28O6S/c1-17-7-13-20(14-8-17)29(24,25)27-15-5-6-18-9-11-19(12-10-18)26-16-21(23)28-22(2,3)4/h7-14H,5-6,15-16H2,1-4H3. The van der Waals surface area contributed by atoms with Crippen molar-refractivity contribution in [3.63, 3.8) is 0 Å². The van der Waals surface area contributed by atoms with Gasteiger partial charge in [-0.2, -0.15) is 8.42 Å². The zero-order valence-electron chi connectivity index (χ0n) is 17.3. The van der Waals surface area contributed by atoms with Gasteiger partial charge in [0.2, 0.25) is 0 Å². The summed E-state index contributed by atoms with van der Waals surface area (Å²) in [6.45, 7) is 7.25. The zero-order chi connectivity index (χ0) is 21.5. The van der Waals surface area contributed by atoms with Crippen molar-refractivity contribution in [1.29, 1.82) is 0 Å². The van der Waals surface area contributed by atoms with Gasteiger partial charge in [0, 0.05) is 0 Å². The molecule has 2 aromatic rings. The van der Waals surface area contributed by atoms with E-state index in [-0.39, 0.29) is 18.1 Å². The van der Waals surface area contributed by atoms with E-state index in [1.807, 2.05) is 19.1 Å². The monoisotopic (exact) mass is 420 g/mol. The maximum Gasteiger partial charge on any atom is 0.344 e. The third-order valence-electron chi connectivity index (χ3n) is 3.86. The van der Waals surface area contributed by atoms with Crippen molar-refractivity contribution in [3.05, 3.63) is 59.7 Å². The van der Waals surface area contributed by atoms with Crippen LogP contribution in [0.15, 0.2) is 53.4 Å². The largest absolute Gasteiger partial charge is 0.482 e. The summed E-state index contributed by atoms with van der Waals surface area (Å²) in [4.78, 5) is 11.8. The molecule has 0 aliphatic heterocycles. The summed E-state index contributed by atoms with van der Waals surface area (Å²) in [5.74, 6) is 0.145. The second-order valence-electron chi connectivity index (χ2n) is 7.71. The van der Waals surface area contributed by atoms with E-state index in [0.717, 1.165) is 11.1 Å². The Bertz CT molecular complexity index is 894. The maximum absolute atomic E-state index is 12.1. The molecule has 2 aromatic carbocycles. The lowest BCUT2D eigenvalue weighted by atomic mass is 10.1. The van der Waals surface area contributed by atoms with Crippen molar-refractivity contribution in [2.45, 2.75) is 51.0 Å². The lowest BCUT2D eigenvalue weighted by Crippen LogP contribution is -2.27. The molecule has 0 radical (unpaired) electrons. The van der Waals surface area contributed by atoms with Crippen molar-refractivity contribution in [1.82, 2.24) is 0 Å². The molecule has 6 nitrogen and oxygen atoms in total. The minimum Gasteiger partial charge on any atom is -0.482 e. The number of rotatable bonds is 9. The number of esters is 1. The van der Waals surface area contributed by atoms with Crippen LogP contribution >= 0.6 is 0 Å². The van der Waals surface area contributed by atoms with Gasteiger partial charge in [0.15, 0.2) is 6.61 Å². The highest BCUT2D eigenvalue weighted by atomic mass is 32.2. The number of carbonyl (C=O) groups is 1. The van der Waals surface area contributed by atoms with Crippen molar-refractivity contribution in [2.75, 3.05) is 13.2 Å². The minimum atomic E-state index is -3.73. The van der Waals surface area contributed by atoms with Gasteiger partial charge in [-0.3, -0.25) is 4.18 Å². The molecule has 0 saturated carbocycles. The summed E-state index contributed by atoms with van der Waals surface area (Å²) in [6.07, 6.45) is 1.22. The van der Waals surface area contributed by atoms with Crippen LogP contribution in [0.1, 0.15) is 38.3 Å². The Morgan fingerprint density at radius 2 is 1.59 bits per heavy atom. The Kier molecular flexibility index (Phi) is 7.81. The molecule has 0 aliphatic rings. The van der Waals surface area contributed by atoms with Gasteiger partial charge in [0.25, 0.3) is 10.1 Å². The number of benzene rings is 2. The van der Waals surface area contributed by atoms with Crippen LogP contribution in [-0.2, 0) is 30.3 Å². The first-order valence-electron chi connectivity index (χ1n) is 9.45. The molecular formula is C22H28O6S. The summed E-state index contributed by atoms with van der Waals surface area (Å²) < 4.78 is 40.0. The van der Waals surface area contributed by atoms with Crippen molar-refractivity contribution >= 4 is 16.1 Å². The van der Waals surface area contributed by atoms with Crippen LogP contribution in [-0.4, -0.2) is 33.2 Å². The molecule has 7 heteroatoms. The van der Waals surface area contributed by atoms with E-state index in [9.17, 15) is 13.2 Å². The SMILES string of the molecule is Cc1ccc(S(=O)(=O)OCCCc2ccc(OCC(=O)OC(C)(C)C)cc2)cc1. The van der Waals surface area contributed by atoms with E-state index in [1.54, 1.807) is 57.2 Å². The first-order chi connectivity index (χ1) is 13.5. The molecular weight excluding hydrogens is 392 g/mol. The van der Waals surface area contributed by atoms with Crippen LogP contribution in [0.3, 0.4) is 0 Å². The van der Waals surface area contributed by atoms with Crippen LogP contribution in [0, 0.1) is 6.92 Å². The molecule has 0 aliphatic carbocycles. The summed E-state index contributed by atoms with van der Waals surface area (Å²) in [5.41, 5.74) is 1.47. The molecule has 2 rings (SSSR count). The van der Waals surface area contributed by atoms with Gasteiger partial charge < -0.3 is 9.47 Å². The van der Waals surface area contributed by atoms with E-state index in [2.05, 4.69) is 0 Å². The molecule has 0 bridgehead atoms. The van der Waals surface area contributed by atoms with Gasteiger partial charge in [0.05, 0.1) is 11.5 Å². The van der Waals surface area contributed by atoms with Gasteiger partial charge in [-0.05, 0) is 70.4 Å². The molecule has 0 N–H and O–H groups in total. The molecule has 0 aromatic heterocycles. The lowest BCUT2D eigenvalue weighted by molar-refractivity contribution is -0.157.